The lowest BCUT2D eigenvalue weighted by molar-refractivity contribution is -0.222. The first-order valence-corrected chi connectivity index (χ1v) is 22.3. The van der Waals surface area contributed by atoms with Gasteiger partial charge in [-0.05, 0) is 12.8 Å². The number of hydrogen-bond donors (Lipinski definition) is 9. The van der Waals surface area contributed by atoms with Crippen LogP contribution in [0.5, 0.6) is 0 Å². The topological polar surface area (TPSA) is 262 Å². The minimum atomic E-state index is -5.34. The van der Waals surface area contributed by atoms with E-state index in [1.165, 1.54) is 51.4 Å². The van der Waals surface area contributed by atoms with Crippen molar-refractivity contribution in [3.8, 4) is 0 Å². The number of phosphoric acid groups is 2. The molecule has 1 aliphatic rings. The molecule has 1 rings (SSSR count). The summed E-state index contributed by atoms with van der Waals surface area (Å²) < 4.78 is 38.9. The van der Waals surface area contributed by atoms with Gasteiger partial charge in [-0.1, -0.05) is 129 Å². The van der Waals surface area contributed by atoms with E-state index in [0.29, 0.717) is 25.7 Å². The second-order valence-corrected chi connectivity index (χ2v) is 16.4. The predicted molar refractivity (Wildman–Crippen MR) is 195 cm³/mol. The summed E-state index contributed by atoms with van der Waals surface area (Å²) in [5.74, 6) is -1.66. The van der Waals surface area contributed by atoms with Crippen LogP contribution >= 0.6 is 15.6 Å². The summed E-state index contributed by atoms with van der Waals surface area (Å²) in [4.78, 5) is 64.7. The number of amides is 2. The number of ether oxygens (including phenoxy) is 1. The lowest BCUT2D eigenvalue weighted by atomic mass is 9.93. The molecule has 1 saturated heterocycles. The molecule has 1 fully saturated rings. The summed E-state index contributed by atoms with van der Waals surface area (Å²) >= 11 is 0. The molecule has 0 radical (unpaired) electrons. The highest BCUT2D eigenvalue weighted by Gasteiger charge is 2.52. The van der Waals surface area contributed by atoms with Gasteiger partial charge in [0.15, 0.2) is 6.29 Å². The van der Waals surface area contributed by atoms with Gasteiger partial charge in [-0.3, -0.25) is 18.6 Å². The van der Waals surface area contributed by atoms with Crippen molar-refractivity contribution in [2.24, 2.45) is 0 Å². The Labute approximate surface area is 309 Å². The van der Waals surface area contributed by atoms with Gasteiger partial charge in [-0.25, -0.2) is 9.13 Å². The van der Waals surface area contributed by atoms with Crippen LogP contribution in [0.4, 0.5) is 0 Å². The highest BCUT2D eigenvalue weighted by molar-refractivity contribution is 7.46. The van der Waals surface area contributed by atoms with Crippen LogP contribution in [0.25, 0.3) is 0 Å². The van der Waals surface area contributed by atoms with Crippen molar-refractivity contribution in [3.05, 3.63) is 0 Å². The monoisotopic (exact) mass is 790 g/mol. The first kappa shape index (κ1) is 49.0. The van der Waals surface area contributed by atoms with Gasteiger partial charge in [-0.2, -0.15) is 0 Å². The molecule has 0 aromatic rings. The molecule has 0 aromatic heterocycles. The number of carbonyl (C=O) groups is 2. The molecule has 18 heteroatoms. The minimum Gasteiger partial charge on any atom is -0.394 e. The summed E-state index contributed by atoms with van der Waals surface area (Å²) in [6.07, 6.45) is 11.1. The maximum absolute atomic E-state index is 13.2. The fourth-order valence-electron chi connectivity index (χ4n) is 6.44. The molecule has 2 amide bonds. The van der Waals surface area contributed by atoms with E-state index in [2.05, 4.69) is 24.5 Å². The second-order valence-electron chi connectivity index (χ2n) is 14.0. The van der Waals surface area contributed by atoms with Crippen LogP contribution in [0.1, 0.15) is 155 Å². The first-order valence-electron chi connectivity index (χ1n) is 19.3. The molecule has 7 unspecified atom stereocenters. The average Bonchev–Trinajstić information content (AvgIpc) is 3.04. The molecule has 0 saturated carbocycles. The molecular formula is C34H68N2O14P2. The van der Waals surface area contributed by atoms with E-state index in [-0.39, 0.29) is 0 Å². The lowest BCUT2D eigenvalue weighted by Gasteiger charge is -2.46. The smallest absolute Gasteiger partial charge is 0.394 e. The van der Waals surface area contributed by atoms with Gasteiger partial charge in [0.1, 0.15) is 18.2 Å². The fraction of sp³-hybridized carbons (Fsp3) is 0.941. The Balaban J connectivity index is 2.95. The van der Waals surface area contributed by atoms with E-state index in [4.69, 9.17) is 13.8 Å². The van der Waals surface area contributed by atoms with Crippen LogP contribution in [0.15, 0.2) is 0 Å². The Kier molecular flexibility index (Phi) is 26.0. The van der Waals surface area contributed by atoms with Crippen molar-refractivity contribution in [2.45, 2.75) is 198 Å². The number of hydrogen-bond acceptors (Lipinski definition) is 10. The van der Waals surface area contributed by atoms with Gasteiger partial charge in [0.25, 0.3) is 0 Å². The van der Waals surface area contributed by atoms with Gasteiger partial charge in [0.05, 0.1) is 37.7 Å². The van der Waals surface area contributed by atoms with Crippen LogP contribution in [0.3, 0.4) is 0 Å². The van der Waals surface area contributed by atoms with Crippen LogP contribution in [0.2, 0.25) is 0 Å². The number of aliphatic hydroxyl groups is 3. The molecular weight excluding hydrogens is 722 g/mol. The van der Waals surface area contributed by atoms with Crippen molar-refractivity contribution >= 4 is 27.5 Å². The zero-order chi connectivity index (χ0) is 39.0. The molecule has 0 aromatic carbocycles. The molecule has 1 aliphatic heterocycles. The van der Waals surface area contributed by atoms with E-state index in [9.17, 15) is 53.6 Å². The zero-order valence-electron chi connectivity index (χ0n) is 31.2. The SMILES string of the molecule is CCCCCCCCCCCC(O)CC(=O)NC1C(OP(=O)(O)O)OC(CO)C(OP(=O)(O)O)C1NC(=O)CC(O)CCCCCCCCCCC. The normalized spacial score (nSPS) is 22.2. The summed E-state index contributed by atoms with van der Waals surface area (Å²) in [6, 6.07) is -3.40. The van der Waals surface area contributed by atoms with E-state index in [1.807, 2.05) is 0 Å². The molecule has 308 valence electrons. The molecule has 7 atom stereocenters. The number of aliphatic hydroxyl groups excluding tert-OH is 3. The number of rotatable bonds is 31. The second kappa shape index (κ2) is 27.6. The minimum absolute atomic E-state index is 0.305. The van der Waals surface area contributed by atoms with Gasteiger partial charge in [0, 0.05) is 0 Å². The third-order valence-electron chi connectivity index (χ3n) is 9.17. The van der Waals surface area contributed by atoms with Gasteiger partial charge >= 0.3 is 15.6 Å². The fourth-order valence-corrected chi connectivity index (χ4v) is 7.47. The quantitative estimate of drug-likeness (QED) is 0.0343. The highest BCUT2D eigenvalue weighted by Crippen LogP contribution is 2.44. The zero-order valence-corrected chi connectivity index (χ0v) is 33.0. The molecule has 0 aliphatic carbocycles. The molecule has 9 N–H and O–H groups in total. The number of phosphoric ester groups is 2. The Morgan fingerprint density at radius 3 is 1.35 bits per heavy atom. The van der Waals surface area contributed by atoms with E-state index in [1.54, 1.807) is 0 Å². The van der Waals surface area contributed by atoms with Crippen molar-refractivity contribution in [2.75, 3.05) is 6.61 Å². The molecule has 0 bridgehead atoms. The highest BCUT2D eigenvalue weighted by atomic mass is 31.2. The Morgan fingerprint density at radius 1 is 0.615 bits per heavy atom. The van der Waals surface area contributed by atoms with Crippen molar-refractivity contribution < 1.29 is 67.4 Å². The molecule has 16 nitrogen and oxygen atoms in total. The Morgan fingerprint density at radius 2 is 0.981 bits per heavy atom. The number of unbranched alkanes of at least 4 members (excludes halogenated alkanes) is 16. The summed E-state index contributed by atoms with van der Waals surface area (Å²) in [5, 5.41) is 36.0. The third kappa shape index (κ3) is 23.7. The van der Waals surface area contributed by atoms with Crippen LogP contribution in [-0.2, 0) is 32.5 Å². The summed E-state index contributed by atoms with van der Waals surface area (Å²) in [6.45, 7) is 3.34. The largest absolute Gasteiger partial charge is 0.472 e. The van der Waals surface area contributed by atoms with Crippen molar-refractivity contribution in [1.82, 2.24) is 10.6 Å². The number of nitrogens with one attached hydrogen (secondary N) is 2. The standard InChI is InChI=1S/C34H68N2O14P2/c1-3-5-7-9-11-13-15-17-19-21-26(38)23-29(40)35-31-32(34(50-52(45,46)47)48-28(25-37)33(31)49-51(42,43)44)36-30(41)24-27(39)22-20-18-16-14-12-10-8-6-4-2/h26-28,31-34,37-39H,3-25H2,1-2H3,(H,35,40)(H,36,41)(H2,42,43,44)(H2,45,46,47). The van der Waals surface area contributed by atoms with Crippen LogP contribution in [-0.4, -0.2) is 96.1 Å². The van der Waals surface area contributed by atoms with Crippen LogP contribution in [0, 0.1) is 0 Å². The Hall–Kier alpha value is -1.00. The first-order chi connectivity index (χ1) is 24.6. The van der Waals surface area contributed by atoms with Gasteiger partial charge in [-0.15, -0.1) is 0 Å². The Bertz CT molecular complexity index is 1060. The summed E-state index contributed by atoms with van der Waals surface area (Å²) in [5.41, 5.74) is 0. The van der Waals surface area contributed by atoms with Crippen molar-refractivity contribution in [3.63, 3.8) is 0 Å². The van der Waals surface area contributed by atoms with E-state index in [0.717, 1.165) is 51.4 Å². The van der Waals surface area contributed by atoms with E-state index >= 15 is 0 Å². The molecule has 1 heterocycles. The maximum atomic E-state index is 13.2. The maximum Gasteiger partial charge on any atom is 0.472 e. The summed E-state index contributed by atoms with van der Waals surface area (Å²) in [7, 11) is -10.7. The third-order valence-corrected chi connectivity index (χ3v) is 10.2. The lowest BCUT2D eigenvalue weighted by Crippen LogP contribution is -2.70. The number of carbonyl (C=O) groups excluding carboxylic acids is 2. The predicted octanol–water partition coefficient (Wildman–Crippen LogP) is 4.60. The molecule has 0 spiro atoms. The van der Waals surface area contributed by atoms with E-state index < -0.39 is 89.7 Å². The van der Waals surface area contributed by atoms with Crippen molar-refractivity contribution in [1.29, 1.82) is 0 Å². The van der Waals surface area contributed by atoms with Gasteiger partial charge in [0.2, 0.25) is 11.8 Å². The van der Waals surface area contributed by atoms with Gasteiger partial charge < -0.3 is 50.3 Å². The average molecular weight is 791 g/mol. The van der Waals surface area contributed by atoms with Crippen LogP contribution < -0.4 is 10.6 Å². The molecule has 52 heavy (non-hydrogen) atoms.